The van der Waals surface area contributed by atoms with Gasteiger partial charge in [-0.15, -0.1) is 0 Å². The Bertz CT molecular complexity index is 609. The minimum Gasteiger partial charge on any atom is -0.497 e. The fourth-order valence-corrected chi connectivity index (χ4v) is 2.12. The molecule has 0 fully saturated rings. The third-order valence-corrected chi connectivity index (χ3v) is 3.32. The number of carbonyl (C=O) groups is 1. The summed E-state index contributed by atoms with van der Waals surface area (Å²) >= 11 is 0. The van der Waals surface area contributed by atoms with Gasteiger partial charge in [-0.2, -0.15) is 0 Å². The Morgan fingerprint density at radius 1 is 1.14 bits per heavy atom. The monoisotopic (exact) mass is 298 g/mol. The molecule has 0 aliphatic rings. The van der Waals surface area contributed by atoms with Crippen molar-refractivity contribution >= 4 is 11.6 Å². The molecule has 0 aromatic heterocycles. The molecule has 0 aliphatic carbocycles. The predicted octanol–water partition coefficient (Wildman–Crippen LogP) is 3.12. The van der Waals surface area contributed by atoms with E-state index in [9.17, 15) is 4.79 Å². The lowest BCUT2D eigenvalue weighted by atomic mass is 10.2. The molecule has 116 valence electrons. The molecule has 0 unspecified atom stereocenters. The molecule has 2 rings (SSSR count). The normalized spacial score (nSPS) is 10.3. The summed E-state index contributed by atoms with van der Waals surface area (Å²) in [5, 5.41) is 6.17. The van der Waals surface area contributed by atoms with Gasteiger partial charge < -0.3 is 15.4 Å². The van der Waals surface area contributed by atoms with E-state index in [1.54, 1.807) is 7.11 Å². The maximum atomic E-state index is 11.9. The van der Waals surface area contributed by atoms with Crippen molar-refractivity contribution < 1.29 is 9.53 Å². The number of rotatable bonds is 7. The van der Waals surface area contributed by atoms with Crippen molar-refractivity contribution in [1.29, 1.82) is 0 Å². The van der Waals surface area contributed by atoms with Crippen LogP contribution in [0.25, 0.3) is 0 Å². The van der Waals surface area contributed by atoms with Crippen LogP contribution in [0.3, 0.4) is 0 Å². The molecule has 0 saturated carbocycles. The summed E-state index contributed by atoms with van der Waals surface area (Å²) in [5.74, 6) is 0.870. The molecule has 2 aromatic carbocycles. The van der Waals surface area contributed by atoms with Gasteiger partial charge in [0.05, 0.1) is 7.11 Å². The topological polar surface area (TPSA) is 50.4 Å². The first kappa shape index (κ1) is 16.0. The van der Waals surface area contributed by atoms with E-state index >= 15 is 0 Å². The van der Waals surface area contributed by atoms with Crippen molar-refractivity contribution in [3.05, 3.63) is 59.7 Å². The minimum absolute atomic E-state index is 0.0211. The summed E-state index contributed by atoms with van der Waals surface area (Å²) in [6, 6.07) is 15.7. The maximum Gasteiger partial charge on any atom is 0.225 e. The molecule has 22 heavy (non-hydrogen) atoms. The van der Waals surface area contributed by atoms with Gasteiger partial charge in [0.1, 0.15) is 5.75 Å². The number of methoxy groups -OCH3 is 1. The smallest absolute Gasteiger partial charge is 0.225 e. The molecule has 0 aliphatic heterocycles. The van der Waals surface area contributed by atoms with Crippen molar-refractivity contribution in [2.24, 2.45) is 0 Å². The van der Waals surface area contributed by atoms with Gasteiger partial charge in [-0.1, -0.05) is 24.3 Å². The number of benzene rings is 2. The van der Waals surface area contributed by atoms with Gasteiger partial charge >= 0.3 is 0 Å². The third-order valence-electron chi connectivity index (χ3n) is 3.32. The van der Waals surface area contributed by atoms with E-state index in [-0.39, 0.29) is 5.91 Å². The molecule has 0 atom stereocenters. The van der Waals surface area contributed by atoms with Crippen LogP contribution in [-0.4, -0.2) is 19.6 Å². The van der Waals surface area contributed by atoms with Crippen LogP contribution in [0, 0.1) is 6.92 Å². The average molecular weight is 298 g/mol. The molecule has 4 heteroatoms. The molecular formula is C18H22N2O2. The Morgan fingerprint density at radius 3 is 2.59 bits per heavy atom. The standard InChI is InChI=1S/C18H22N2O2/c1-14-4-3-5-16(12-14)20-18(21)10-11-19-13-15-6-8-17(22-2)9-7-15/h3-9,12,19H,10-11,13H2,1-2H3,(H,20,21). The molecule has 0 saturated heterocycles. The number of ether oxygens (including phenoxy) is 1. The van der Waals surface area contributed by atoms with Crippen LogP contribution in [0.2, 0.25) is 0 Å². The lowest BCUT2D eigenvalue weighted by Crippen LogP contribution is -2.21. The Labute approximate surface area is 131 Å². The number of carbonyl (C=O) groups excluding carboxylic acids is 1. The first-order chi connectivity index (χ1) is 10.7. The van der Waals surface area contributed by atoms with Crippen LogP contribution < -0.4 is 15.4 Å². The number of aryl methyl sites for hydroxylation is 1. The van der Waals surface area contributed by atoms with Crippen molar-refractivity contribution in [2.45, 2.75) is 19.9 Å². The molecule has 2 aromatic rings. The minimum atomic E-state index is 0.0211. The van der Waals surface area contributed by atoms with E-state index < -0.39 is 0 Å². The summed E-state index contributed by atoms with van der Waals surface area (Å²) < 4.78 is 5.12. The summed E-state index contributed by atoms with van der Waals surface area (Å²) in [6.45, 7) is 3.39. The fraction of sp³-hybridized carbons (Fsp3) is 0.278. The first-order valence-electron chi connectivity index (χ1n) is 7.37. The van der Waals surface area contributed by atoms with Crippen LogP contribution in [0.4, 0.5) is 5.69 Å². The number of anilines is 1. The molecule has 4 nitrogen and oxygen atoms in total. The molecule has 0 spiro atoms. The van der Waals surface area contributed by atoms with Crippen molar-refractivity contribution in [3.8, 4) is 5.75 Å². The molecular weight excluding hydrogens is 276 g/mol. The van der Waals surface area contributed by atoms with E-state index in [1.165, 1.54) is 5.56 Å². The summed E-state index contributed by atoms with van der Waals surface area (Å²) in [6.07, 6.45) is 0.449. The summed E-state index contributed by atoms with van der Waals surface area (Å²) in [5.41, 5.74) is 3.15. The quantitative estimate of drug-likeness (QED) is 0.772. The zero-order valence-corrected chi connectivity index (χ0v) is 13.1. The molecule has 0 bridgehead atoms. The average Bonchev–Trinajstić information content (AvgIpc) is 2.52. The van der Waals surface area contributed by atoms with Crippen LogP contribution in [0.5, 0.6) is 5.75 Å². The highest BCUT2D eigenvalue weighted by atomic mass is 16.5. The molecule has 2 N–H and O–H groups in total. The largest absolute Gasteiger partial charge is 0.497 e. The number of hydrogen-bond donors (Lipinski definition) is 2. The van der Waals surface area contributed by atoms with Crippen molar-refractivity contribution in [2.75, 3.05) is 19.0 Å². The number of amides is 1. The van der Waals surface area contributed by atoms with Gasteiger partial charge in [-0.25, -0.2) is 0 Å². The van der Waals surface area contributed by atoms with Gasteiger partial charge in [0.25, 0.3) is 0 Å². The zero-order valence-electron chi connectivity index (χ0n) is 13.1. The second-order valence-electron chi connectivity index (χ2n) is 5.19. The second-order valence-corrected chi connectivity index (χ2v) is 5.19. The molecule has 0 heterocycles. The fourth-order valence-electron chi connectivity index (χ4n) is 2.12. The summed E-state index contributed by atoms with van der Waals surface area (Å²) in [7, 11) is 1.65. The van der Waals surface area contributed by atoms with E-state index in [0.29, 0.717) is 13.0 Å². The SMILES string of the molecule is COc1ccc(CNCCC(=O)Nc2cccc(C)c2)cc1. The maximum absolute atomic E-state index is 11.9. The zero-order chi connectivity index (χ0) is 15.8. The van der Waals surface area contributed by atoms with Crippen molar-refractivity contribution in [3.63, 3.8) is 0 Å². The highest BCUT2D eigenvalue weighted by molar-refractivity contribution is 5.90. The van der Waals surface area contributed by atoms with E-state index in [0.717, 1.165) is 23.5 Å². The van der Waals surface area contributed by atoms with E-state index in [1.807, 2.05) is 55.5 Å². The lowest BCUT2D eigenvalue weighted by Gasteiger charge is -2.08. The van der Waals surface area contributed by atoms with Crippen LogP contribution in [0.1, 0.15) is 17.5 Å². The Morgan fingerprint density at radius 2 is 1.91 bits per heavy atom. The van der Waals surface area contributed by atoms with Gasteiger partial charge in [0.2, 0.25) is 5.91 Å². The van der Waals surface area contributed by atoms with E-state index in [4.69, 9.17) is 4.74 Å². The molecule has 1 amide bonds. The third kappa shape index (κ3) is 5.22. The van der Waals surface area contributed by atoms with E-state index in [2.05, 4.69) is 10.6 Å². The van der Waals surface area contributed by atoms with Gasteiger partial charge in [0.15, 0.2) is 0 Å². The van der Waals surface area contributed by atoms with Crippen LogP contribution in [-0.2, 0) is 11.3 Å². The van der Waals surface area contributed by atoms with Gasteiger partial charge in [-0.3, -0.25) is 4.79 Å². The predicted molar refractivity (Wildman–Crippen MR) is 89.1 cm³/mol. The Kier molecular flexibility index (Phi) is 5.98. The summed E-state index contributed by atoms with van der Waals surface area (Å²) in [4.78, 5) is 11.9. The number of nitrogens with one attached hydrogen (secondary N) is 2. The first-order valence-corrected chi connectivity index (χ1v) is 7.37. The highest BCUT2D eigenvalue weighted by Crippen LogP contribution is 2.11. The molecule has 0 radical (unpaired) electrons. The lowest BCUT2D eigenvalue weighted by molar-refractivity contribution is -0.116. The van der Waals surface area contributed by atoms with Crippen LogP contribution >= 0.6 is 0 Å². The highest BCUT2D eigenvalue weighted by Gasteiger charge is 2.02. The van der Waals surface area contributed by atoms with Gasteiger partial charge in [-0.05, 0) is 42.3 Å². The van der Waals surface area contributed by atoms with Crippen LogP contribution in [0.15, 0.2) is 48.5 Å². The second kappa shape index (κ2) is 8.20. The van der Waals surface area contributed by atoms with Crippen molar-refractivity contribution in [1.82, 2.24) is 5.32 Å². The number of hydrogen-bond acceptors (Lipinski definition) is 3. The Balaban J connectivity index is 1.68. The van der Waals surface area contributed by atoms with Gasteiger partial charge in [0, 0.05) is 25.2 Å². The Hall–Kier alpha value is -2.33.